The summed E-state index contributed by atoms with van der Waals surface area (Å²) in [5, 5.41) is 0.902. The minimum Gasteiger partial charge on any atom is -0.461 e. The number of nitrogens with zero attached hydrogens (tertiary/aromatic N) is 2. The Bertz CT molecular complexity index is 788. The SMILES string of the molecule is CCOC(=O)c1cc2c(ccn3c(Br)c(C)nc23)[nH]1. The van der Waals surface area contributed by atoms with Crippen molar-refractivity contribution < 1.29 is 9.53 Å². The number of imidazole rings is 1. The van der Waals surface area contributed by atoms with E-state index in [0.717, 1.165) is 26.8 Å². The molecule has 3 heterocycles. The Balaban J connectivity index is 2.25. The predicted molar refractivity (Wildman–Crippen MR) is 75.4 cm³/mol. The highest BCUT2D eigenvalue weighted by Crippen LogP contribution is 2.25. The molecule has 0 aliphatic carbocycles. The average molecular weight is 322 g/mol. The summed E-state index contributed by atoms with van der Waals surface area (Å²) >= 11 is 3.50. The van der Waals surface area contributed by atoms with Crippen molar-refractivity contribution in [3.05, 3.63) is 34.3 Å². The summed E-state index contributed by atoms with van der Waals surface area (Å²) < 4.78 is 7.86. The summed E-state index contributed by atoms with van der Waals surface area (Å²) in [6.45, 7) is 4.08. The van der Waals surface area contributed by atoms with Crippen molar-refractivity contribution in [2.24, 2.45) is 0 Å². The van der Waals surface area contributed by atoms with Gasteiger partial charge in [-0.15, -0.1) is 0 Å². The monoisotopic (exact) mass is 321 g/mol. The lowest BCUT2D eigenvalue weighted by molar-refractivity contribution is 0.0520. The van der Waals surface area contributed by atoms with Crippen LogP contribution < -0.4 is 0 Å². The second kappa shape index (κ2) is 4.38. The highest BCUT2D eigenvalue weighted by Gasteiger charge is 2.14. The first kappa shape index (κ1) is 12.2. The summed E-state index contributed by atoms with van der Waals surface area (Å²) in [5.41, 5.74) is 3.04. The highest BCUT2D eigenvalue weighted by atomic mass is 79.9. The molecule has 1 N–H and O–H groups in total. The van der Waals surface area contributed by atoms with Gasteiger partial charge in [0, 0.05) is 11.6 Å². The molecule has 6 heteroatoms. The van der Waals surface area contributed by atoms with Gasteiger partial charge in [-0.05, 0) is 41.9 Å². The molecule has 98 valence electrons. The number of aromatic nitrogens is 3. The van der Waals surface area contributed by atoms with Gasteiger partial charge in [0.2, 0.25) is 0 Å². The maximum Gasteiger partial charge on any atom is 0.354 e. The largest absolute Gasteiger partial charge is 0.461 e. The summed E-state index contributed by atoms with van der Waals surface area (Å²) in [6, 6.07) is 3.69. The molecule has 0 atom stereocenters. The van der Waals surface area contributed by atoms with E-state index in [0.29, 0.717) is 12.3 Å². The predicted octanol–water partition coefficient (Wildman–Crippen LogP) is 3.06. The molecule has 3 aromatic heterocycles. The van der Waals surface area contributed by atoms with E-state index >= 15 is 0 Å². The third-order valence-electron chi connectivity index (χ3n) is 2.99. The van der Waals surface area contributed by atoms with Crippen LogP contribution in [0.1, 0.15) is 23.1 Å². The Morgan fingerprint density at radius 3 is 3.11 bits per heavy atom. The first-order chi connectivity index (χ1) is 9.11. The van der Waals surface area contributed by atoms with E-state index in [1.807, 2.05) is 23.6 Å². The van der Waals surface area contributed by atoms with Crippen molar-refractivity contribution in [3.8, 4) is 0 Å². The number of ether oxygens (including phenoxy) is 1. The summed E-state index contributed by atoms with van der Waals surface area (Å²) in [6.07, 6.45) is 1.91. The van der Waals surface area contributed by atoms with Crippen molar-refractivity contribution in [3.63, 3.8) is 0 Å². The number of carbonyl (C=O) groups is 1. The normalized spacial score (nSPS) is 11.3. The number of hydrogen-bond acceptors (Lipinski definition) is 3. The zero-order valence-electron chi connectivity index (χ0n) is 10.5. The summed E-state index contributed by atoms with van der Waals surface area (Å²) in [4.78, 5) is 19.3. The fourth-order valence-corrected chi connectivity index (χ4v) is 2.48. The van der Waals surface area contributed by atoms with Crippen LogP contribution in [0.2, 0.25) is 0 Å². The molecule has 3 rings (SSSR count). The molecule has 19 heavy (non-hydrogen) atoms. The Morgan fingerprint density at radius 2 is 2.37 bits per heavy atom. The number of hydrogen-bond donors (Lipinski definition) is 1. The molecule has 0 unspecified atom stereocenters. The van der Waals surface area contributed by atoms with Gasteiger partial charge in [0.25, 0.3) is 0 Å². The molecule has 0 aromatic carbocycles. The molecule has 0 radical (unpaired) electrons. The maximum absolute atomic E-state index is 11.7. The summed E-state index contributed by atoms with van der Waals surface area (Å²) in [7, 11) is 0. The molecular weight excluding hydrogens is 310 g/mol. The smallest absolute Gasteiger partial charge is 0.354 e. The quantitative estimate of drug-likeness (QED) is 0.738. The first-order valence-corrected chi connectivity index (χ1v) is 6.74. The molecule has 0 amide bonds. The van der Waals surface area contributed by atoms with Crippen molar-refractivity contribution in [2.45, 2.75) is 13.8 Å². The Kier molecular flexibility index (Phi) is 2.82. The molecule has 3 aromatic rings. The number of aryl methyl sites for hydroxylation is 1. The van der Waals surface area contributed by atoms with Crippen molar-refractivity contribution in [2.75, 3.05) is 6.61 Å². The van der Waals surface area contributed by atoms with Crippen LogP contribution in [0.4, 0.5) is 0 Å². The molecule has 0 saturated heterocycles. The van der Waals surface area contributed by atoms with Crippen LogP contribution in [-0.2, 0) is 4.74 Å². The lowest BCUT2D eigenvalue weighted by atomic mass is 10.3. The Hall–Kier alpha value is -1.82. The number of fused-ring (bicyclic) bond motifs is 3. The van der Waals surface area contributed by atoms with Crippen LogP contribution in [0, 0.1) is 6.92 Å². The van der Waals surface area contributed by atoms with Crippen molar-refractivity contribution in [1.82, 2.24) is 14.4 Å². The van der Waals surface area contributed by atoms with Gasteiger partial charge in [0.05, 0.1) is 17.8 Å². The van der Waals surface area contributed by atoms with Gasteiger partial charge in [-0.2, -0.15) is 0 Å². The molecule has 0 bridgehead atoms. The second-order valence-corrected chi connectivity index (χ2v) is 4.98. The van der Waals surface area contributed by atoms with Gasteiger partial charge >= 0.3 is 5.97 Å². The van der Waals surface area contributed by atoms with E-state index in [-0.39, 0.29) is 5.97 Å². The zero-order chi connectivity index (χ0) is 13.6. The van der Waals surface area contributed by atoms with Crippen LogP contribution >= 0.6 is 15.9 Å². The fraction of sp³-hybridized carbons (Fsp3) is 0.231. The molecule has 0 spiro atoms. The van der Waals surface area contributed by atoms with Gasteiger partial charge in [-0.1, -0.05) is 0 Å². The number of halogens is 1. The number of pyridine rings is 1. The average Bonchev–Trinajstić information content (AvgIpc) is 2.93. The van der Waals surface area contributed by atoms with Crippen LogP contribution in [0.3, 0.4) is 0 Å². The van der Waals surface area contributed by atoms with Crippen LogP contribution in [-0.4, -0.2) is 26.9 Å². The van der Waals surface area contributed by atoms with Gasteiger partial charge in [0.15, 0.2) is 0 Å². The summed E-state index contributed by atoms with van der Waals surface area (Å²) in [5.74, 6) is -0.348. The van der Waals surface area contributed by atoms with E-state index in [1.54, 1.807) is 13.0 Å². The molecule has 5 nitrogen and oxygen atoms in total. The molecule has 0 aliphatic heterocycles. The number of rotatable bonds is 2. The number of H-pyrrole nitrogens is 1. The van der Waals surface area contributed by atoms with Gasteiger partial charge in [-0.25, -0.2) is 9.78 Å². The van der Waals surface area contributed by atoms with Crippen molar-refractivity contribution >= 4 is 38.4 Å². The van der Waals surface area contributed by atoms with E-state index in [1.165, 1.54) is 0 Å². The molecular formula is C13H12BrN3O2. The first-order valence-electron chi connectivity index (χ1n) is 5.94. The lowest BCUT2D eigenvalue weighted by Crippen LogP contribution is -2.04. The minimum absolute atomic E-state index is 0.348. The standard InChI is InChI=1S/C13H12BrN3O2/c1-3-19-13(18)10-6-8-9(16-10)4-5-17-11(14)7(2)15-12(8)17/h4-6,16H,3H2,1-2H3. The van der Waals surface area contributed by atoms with Gasteiger partial charge < -0.3 is 9.72 Å². The third kappa shape index (κ3) is 1.83. The number of carbonyl (C=O) groups excluding carboxylic acids is 1. The van der Waals surface area contributed by atoms with E-state index in [4.69, 9.17) is 4.74 Å². The molecule has 0 fully saturated rings. The van der Waals surface area contributed by atoms with E-state index in [9.17, 15) is 4.79 Å². The topological polar surface area (TPSA) is 59.4 Å². The molecule has 0 aliphatic rings. The Labute approximate surface area is 117 Å². The van der Waals surface area contributed by atoms with Gasteiger partial charge in [0.1, 0.15) is 15.9 Å². The maximum atomic E-state index is 11.7. The Morgan fingerprint density at radius 1 is 1.58 bits per heavy atom. The van der Waals surface area contributed by atoms with E-state index < -0.39 is 0 Å². The zero-order valence-corrected chi connectivity index (χ0v) is 12.1. The number of aromatic amines is 1. The number of esters is 1. The van der Waals surface area contributed by atoms with Gasteiger partial charge in [-0.3, -0.25) is 4.40 Å². The number of nitrogens with one attached hydrogen (secondary N) is 1. The van der Waals surface area contributed by atoms with Crippen LogP contribution in [0.5, 0.6) is 0 Å². The van der Waals surface area contributed by atoms with Crippen LogP contribution in [0.25, 0.3) is 16.6 Å². The fourth-order valence-electron chi connectivity index (χ4n) is 2.11. The second-order valence-electron chi connectivity index (χ2n) is 4.23. The van der Waals surface area contributed by atoms with Crippen molar-refractivity contribution in [1.29, 1.82) is 0 Å². The highest BCUT2D eigenvalue weighted by molar-refractivity contribution is 9.10. The lowest BCUT2D eigenvalue weighted by Gasteiger charge is -1.96. The van der Waals surface area contributed by atoms with Crippen LogP contribution in [0.15, 0.2) is 22.9 Å². The third-order valence-corrected chi connectivity index (χ3v) is 3.94. The van der Waals surface area contributed by atoms with E-state index in [2.05, 4.69) is 25.9 Å². The minimum atomic E-state index is -0.348. The molecule has 0 saturated carbocycles.